The van der Waals surface area contributed by atoms with Crippen LogP contribution in [-0.2, 0) is 17.6 Å². The second-order valence-electron chi connectivity index (χ2n) is 6.19. The molecule has 0 unspecified atom stereocenters. The third-order valence-corrected chi connectivity index (χ3v) is 5.22. The number of halogens is 1. The first-order valence-corrected chi connectivity index (χ1v) is 9.40. The van der Waals surface area contributed by atoms with Crippen LogP contribution in [0.4, 0.5) is 11.4 Å². The van der Waals surface area contributed by atoms with Crippen molar-refractivity contribution in [3.05, 3.63) is 52.0 Å². The number of fused-ring (bicyclic) bond motifs is 1. The molecular weight excluding hydrogens is 380 g/mol. The van der Waals surface area contributed by atoms with Crippen LogP contribution in [0.3, 0.4) is 0 Å². The fraction of sp³-hybridized carbons (Fsp3) is 0.350. The number of methoxy groups -OCH3 is 1. The molecule has 0 radical (unpaired) electrons. The summed E-state index contributed by atoms with van der Waals surface area (Å²) in [6.07, 6.45) is 2.23. The molecule has 0 bridgehead atoms. The van der Waals surface area contributed by atoms with E-state index in [1.54, 1.807) is 7.11 Å². The molecule has 1 aliphatic rings. The zero-order chi connectivity index (χ0) is 17.8. The standard InChI is InChI=1S/C20H23BrN2O2/c1-3-23-11-10-15-6-7-16(13-18(15)23)22-20(24)9-5-14-4-8-19(25-2)17(21)12-14/h4,6-8,12-13H,3,5,9-11H2,1-2H3,(H,22,24). The highest BCUT2D eigenvalue weighted by atomic mass is 79.9. The Balaban J connectivity index is 1.59. The van der Waals surface area contributed by atoms with Gasteiger partial charge in [0.1, 0.15) is 5.75 Å². The van der Waals surface area contributed by atoms with Crippen molar-refractivity contribution in [1.82, 2.24) is 0 Å². The molecule has 3 rings (SSSR count). The predicted octanol–water partition coefficient (Wildman–Crippen LogP) is 4.41. The van der Waals surface area contributed by atoms with E-state index in [4.69, 9.17) is 4.74 Å². The molecule has 0 saturated heterocycles. The van der Waals surface area contributed by atoms with Crippen molar-refractivity contribution in [3.63, 3.8) is 0 Å². The normalized spacial score (nSPS) is 12.8. The fourth-order valence-electron chi connectivity index (χ4n) is 3.20. The van der Waals surface area contributed by atoms with Crippen molar-refractivity contribution in [2.24, 2.45) is 0 Å². The average Bonchev–Trinajstić information content (AvgIpc) is 3.02. The third kappa shape index (κ3) is 4.15. The number of nitrogens with one attached hydrogen (secondary N) is 1. The second-order valence-corrected chi connectivity index (χ2v) is 7.04. The Morgan fingerprint density at radius 1 is 1.28 bits per heavy atom. The SMILES string of the molecule is CCN1CCc2ccc(NC(=O)CCc3ccc(OC)c(Br)c3)cc21. The Kier molecular flexibility index (Phi) is 5.63. The lowest BCUT2D eigenvalue weighted by Crippen LogP contribution is -2.19. The van der Waals surface area contributed by atoms with Crippen molar-refractivity contribution >= 4 is 33.2 Å². The van der Waals surface area contributed by atoms with Crippen LogP contribution in [0.1, 0.15) is 24.5 Å². The van der Waals surface area contributed by atoms with Crippen molar-refractivity contribution in [2.45, 2.75) is 26.2 Å². The van der Waals surface area contributed by atoms with Gasteiger partial charge >= 0.3 is 0 Å². The number of likely N-dealkylation sites (N-methyl/N-ethyl adjacent to an activating group) is 1. The van der Waals surface area contributed by atoms with Crippen LogP contribution in [0.5, 0.6) is 5.75 Å². The van der Waals surface area contributed by atoms with E-state index in [0.29, 0.717) is 12.8 Å². The van der Waals surface area contributed by atoms with E-state index in [-0.39, 0.29) is 5.91 Å². The van der Waals surface area contributed by atoms with Crippen molar-refractivity contribution < 1.29 is 9.53 Å². The molecule has 1 amide bonds. The lowest BCUT2D eigenvalue weighted by atomic mass is 10.1. The summed E-state index contributed by atoms with van der Waals surface area (Å²) in [7, 11) is 1.64. The van der Waals surface area contributed by atoms with Crippen LogP contribution in [0.15, 0.2) is 40.9 Å². The van der Waals surface area contributed by atoms with Crippen molar-refractivity contribution in [2.75, 3.05) is 30.4 Å². The summed E-state index contributed by atoms with van der Waals surface area (Å²) in [6, 6.07) is 12.1. The van der Waals surface area contributed by atoms with Gasteiger partial charge in [0.25, 0.3) is 0 Å². The van der Waals surface area contributed by atoms with Crippen molar-refractivity contribution in [1.29, 1.82) is 0 Å². The molecule has 132 valence electrons. The molecule has 2 aromatic rings. The van der Waals surface area contributed by atoms with Gasteiger partial charge in [0.05, 0.1) is 11.6 Å². The molecule has 0 atom stereocenters. The number of ether oxygens (including phenoxy) is 1. The van der Waals surface area contributed by atoms with E-state index in [1.165, 1.54) is 11.3 Å². The number of anilines is 2. The lowest BCUT2D eigenvalue weighted by molar-refractivity contribution is -0.116. The first kappa shape index (κ1) is 17.8. The molecule has 2 aromatic carbocycles. The summed E-state index contributed by atoms with van der Waals surface area (Å²) in [5.74, 6) is 0.833. The number of hydrogen-bond acceptors (Lipinski definition) is 3. The van der Waals surface area contributed by atoms with Gasteiger partial charge in [-0.1, -0.05) is 12.1 Å². The quantitative estimate of drug-likeness (QED) is 0.777. The fourth-order valence-corrected chi connectivity index (χ4v) is 3.79. The number of nitrogens with zero attached hydrogens (tertiary/aromatic N) is 1. The predicted molar refractivity (Wildman–Crippen MR) is 106 cm³/mol. The summed E-state index contributed by atoms with van der Waals surface area (Å²) in [5, 5.41) is 3.02. The zero-order valence-corrected chi connectivity index (χ0v) is 16.2. The molecule has 0 aromatic heterocycles. The van der Waals surface area contributed by atoms with E-state index in [9.17, 15) is 4.79 Å². The monoisotopic (exact) mass is 402 g/mol. The number of carbonyl (C=O) groups is 1. The highest BCUT2D eigenvalue weighted by molar-refractivity contribution is 9.10. The van der Waals surface area contributed by atoms with Gasteiger partial charge in [-0.05, 0) is 71.1 Å². The zero-order valence-electron chi connectivity index (χ0n) is 14.6. The summed E-state index contributed by atoms with van der Waals surface area (Å²) in [4.78, 5) is 14.6. The Labute approximate surface area is 157 Å². The largest absolute Gasteiger partial charge is 0.496 e. The maximum absolute atomic E-state index is 12.3. The minimum atomic E-state index is 0.0351. The first-order valence-electron chi connectivity index (χ1n) is 8.61. The average molecular weight is 403 g/mol. The van der Waals surface area contributed by atoms with Gasteiger partial charge in [-0.3, -0.25) is 4.79 Å². The molecule has 0 saturated carbocycles. The Morgan fingerprint density at radius 3 is 2.84 bits per heavy atom. The van der Waals surface area contributed by atoms with Gasteiger partial charge in [-0.25, -0.2) is 0 Å². The van der Waals surface area contributed by atoms with Gasteiger partial charge < -0.3 is 15.0 Å². The molecule has 0 aliphatic carbocycles. The van der Waals surface area contributed by atoms with Gasteiger partial charge in [0.2, 0.25) is 5.91 Å². The first-order chi connectivity index (χ1) is 12.1. The molecule has 5 heteroatoms. The highest BCUT2D eigenvalue weighted by Crippen LogP contribution is 2.30. The summed E-state index contributed by atoms with van der Waals surface area (Å²) in [6.45, 7) is 4.22. The van der Waals surface area contributed by atoms with E-state index >= 15 is 0 Å². The Bertz CT molecular complexity index is 776. The minimum absolute atomic E-state index is 0.0351. The smallest absolute Gasteiger partial charge is 0.224 e. The number of rotatable bonds is 6. The van der Waals surface area contributed by atoms with Crippen molar-refractivity contribution in [3.8, 4) is 5.75 Å². The van der Waals surface area contributed by atoms with E-state index in [1.807, 2.05) is 24.3 Å². The molecule has 1 N–H and O–H groups in total. The maximum atomic E-state index is 12.3. The number of carbonyl (C=O) groups excluding carboxylic acids is 1. The van der Waals surface area contributed by atoms with Crippen LogP contribution < -0.4 is 15.0 Å². The van der Waals surface area contributed by atoms with E-state index in [0.717, 1.165) is 41.0 Å². The highest BCUT2D eigenvalue weighted by Gasteiger charge is 2.18. The molecule has 1 heterocycles. The molecule has 0 fully saturated rings. The number of hydrogen-bond donors (Lipinski definition) is 1. The molecular formula is C20H23BrN2O2. The number of benzene rings is 2. The summed E-state index contributed by atoms with van der Waals surface area (Å²) in [5.41, 5.74) is 4.59. The van der Waals surface area contributed by atoms with Gasteiger partial charge in [-0.2, -0.15) is 0 Å². The minimum Gasteiger partial charge on any atom is -0.496 e. The molecule has 25 heavy (non-hydrogen) atoms. The Morgan fingerprint density at radius 2 is 2.12 bits per heavy atom. The third-order valence-electron chi connectivity index (χ3n) is 4.60. The van der Waals surface area contributed by atoms with Crippen LogP contribution in [0.25, 0.3) is 0 Å². The second kappa shape index (κ2) is 7.91. The molecule has 1 aliphatic heterocycles. The van der Waals surface area contributed by atoms with Crippen LogP contribution >= 0.6 is 15.9 Å². The van der Waals surface area contributed by atoms with E-state index < -0.39 is 0 Å². The van der Waals surface area contributed by atoms with Gasteiger partial charge in [0, 0.05) is 30.9 Å². The van der Waals surface area contributed by atoms with Gasteiger partial charge in [0.15, 0.2) is 0 Å². The summed E-state index contributed by atoms with van der Waals surface area (Å²) < 4.78 is 6.14. The lowest BCUT2D eigenvalue weighted by Gasteiger charge is -2.17. The summed E-state index contributed by atoms with van der Waals surface area (Å²) >= 11 is 3.48. The van der Waals surface area contributed by atoms with Crippen LogP contribution in [0, 0.1) is 0 Å². The maximum Gasteiger partial charge on any atom is 0.224 e. The Hall–Kier alpha value is -2.01. The molecule has 4 nitrogen and oxygen atoms in total. The van der Waals surface area contributed by atoms with Crippen LogP contribution in [-0.4, -0.2) is 26.1 Å². The molecule has 0 spiro atoms. The van der Waals surface area contributed by atoms with E-state index in [2.05, 4.69) is 45.2 Å². The number of aryl methyl sites for hydroxylation is 1. The van der Waals surface area contributed by atoms with Gasteiger partial charge in [-0.15, -0.1) is 0 Å². The van der Waals surface area contributed by atoms with Crippen LogP contribution in [0.2, 0.25) is 0 Å². The number of amides is 1. The topological polar surface area (TPSA) is 41.6 Å².